The molecule has 2 aromatic carbocycles. The Morgan fingerprint density at radius 3 is 2.47 bits per heavy atom. The Hall–Kier alpha value is -4.79. The standard InChI is InChI=1S/C27H23N5O4/c1-16-23-21(29-31-26(34)20-9-4-7-17-6-2-3-8-19(17)20)10-5-11-22(23)36-24(16)27(35)32-30-25(33)18-12-14-28-15-13-18/h2-4,6-9,12-15H,5,10-11H2,1H3,(H,30,33)(H,31,34)(H,32,35)/b29-21+. The van der Waals surface area contributed by atoms with Crippen LogP contribution in [0.5, 0.6) is 0 Å². The number of hydrazone groups is 1. The van der Waals surface area contributed by atoms with Crippen LogP contribution >= 0.6 is 0 Å². The molecule has 1 aliphatic carbocycles. The number of aromatic nitrogens is 1. The van der Waals surface area contributed by atoms with Crippen molar-refractivity contribution in [3.8, 4) is 0 Å². The highest BCUT2D eigenvalue weighted by atomic mass is 16.4. The summed E-state index contributed by atoms with van der Waals surface area (Å²) in [6.07, 6.45) is 5.01. The van der Waals surface area contributed by atoms with Gasteiger partial charge in [0.15, 0.2) is 5.76 Å². The number of amides is 3. The van der Waals surface area contributed by atoms with Crippen LogP contribution in [0.1, 0.15) is 61.0 Å². The Morgan fingerprint density at radius 2 is 1.64 bits per heavy atom. The van der Waals surface area contributed by atoms with Crippen molar-refractivity contribution in [2.75, 3.05) is 0 Å². The Labute approximate surface area is 206 Å². The number of nitrogens with zero attached hydrogens (tertiary/aromatic N) is 2. The summed E-state index contributed by atoms with van der Waals surface area (Å²) in [4.78, 5) is 41.8. The van der Waals surface area contributed by atoms with Crippen molar-refractivity contribution in [2.24, 2.45) is 5.10 Å². The second-order valence-corrected chi connectivity index (χ2v) is 8.38. The van der Waals surface area contributed by atoms with E-state index in [1.54, 1.807) is 13.0 Å². The van der Waals surface area contributed by atoms with Gasteiger partial charge in [-0.2, -0.15) is 5.10 Å². The van der Waals surface area contributed by atoms with Crippen LogP contribution < -0.4 is 16.3 Å². The number of carbonyl (C=O) groups is 3. The molecule has 2 aromatic heterocycles. The molecule has 5 rings (SSSR count). The molecule has 0 unspecified atom stereocenters. The van der Waals surface area contributed by atoms with Gasteiger partial charge in [0.25, 0.3) is 11.8 Å². The number of furan rings is 1. The van der Waals surface area contributed by atoms with Crippen molar-refractivity contribution >= 4 is 34.2 Å². The van der Waals surface area contributed by atoms with E-state index < -0.39 is 11.8 Å². The van der Waals surface area contributed by atoms with Gasteiger partial charge >= 0.3 is 5.91 Å². The molecule has 0 bridgehead atoms. The van der Waals surface area contributed by atoms with Gasteiger partial charge in [-0.15, -0.1) is 0 Å². The molecule has 9 heteroatoms. The van der Waals surface area contributed by atoms with Gasteiger partial charge in [-0.1, -0.05) is 36.4 Å². The largest absolute Gasteiger partial charge is 0.455 e. The van der Waals surface area contributed by atoms with E-state index in [-0.39, 0.29) is 11.7 Å². The molecule has 0 atom stereocenters. The molecule has 0 fully saturated rings. The lowest BCUT2D eigenvalue weighted by molar-refractivity contribution is 0.0829. The summed E-state index contributed by atoms with van der Waals surface area (Å²) in [5, 5.41) is 6.21. The van der Waals surface area contributed by atoms with E-state index in [1.165, 1.54) is 24.5 Å². The highest BCUT2D eigenvalue weighted by molar-refractivity contribution is 6.09. The van der Waals surface area contributed by atoms with Gasteiger partial charge in [-0.05, 0) is 48.7 Å². The number of hydrogen-bond donors (Lipinski definition) is 3. The summed E-state index contributed by atoms with van der Waals surface area (Å²) in [5.74, 6) is -0.654. The molecule has 1 aliphatic rings. The Balaban J connectivity index is 1.33. The monoisotopic (exact) mass is 481 g/mol. The van der Waals surface area contributed by atoms with E-state index >= 15 is 0 Å². The summed E-state index contributed by atoms with van der Waals surface area (Å²) < 4.78 is 5.85. The van der Waals surface area contributed by atoms with Crippen molar-refractivity contribution in [1.29, 1.82) is 0 Å². The molecule has 0 radical (unpaired) electrons. The Morgan fingerprint density at radius 1 is 0.889 bits per heavy atom. The van der Waals surface area contributed by atoms with Gasteiger partial charge in [0.05, 0.1) is 5.71 Å². The molecule has 0 spiro atoms. The first-order chi connectivity index (χ1) is 17.5. The Bertz CT molecular complexity index is 1500. The van der Waals surface area contributed by atoms with Gasteiger partial charge in [-0.3, -0.25) is 30.2 Å². The van der Waals surface area contributed by atoms with Gasteiger partial charge in [0.1, 0.15) is 5.76 Å². The van der Waals surface area contributed by atoms with Crippen LogP contribution in [0.25, 0.3) is 10.8 Å². The number of benzene rings is 2. The number of nitrogens with one attached hydrogen (secondary N) is 3. The zero-order chi connectivity index (χ0) is 25.1. The van der Waals surface area contributed by atoms with Crippen LogP contribution in [0.2, 0.25) is 0 Å². The number of hydrogen-bond acceptors (Lipinski definition) is 6. The first-order valence-electron chi connectivity index (χ1n) is 11.5. The maximum atomic E-state index is 12.9. The SMILES string of the molecule is Cc1c(C(=O)NNC(=O)c2ccncc2)oc2c1/C(=N/NC(=O)c1cccc3ccccc13)CCC2. The van der Waals surface area contributed by atoms with Crippen LogP contribution in [0.3, 0.4) is 0 Å². The summed E-state index contributed by atoms with van der Waals surface area (Å²) in [7, 11) is 0. The maximum Gasteiger partial charge on any atom is 0.305 e. The van der Waals surface area contributed by atoms with E-state index in [2.05, 4.69) is 26.4 Å². The lowest BCUT2D eigenvalue weighted by atomic mass is 9.93. The third kappa shape index (κ3) is 4.46. The minimum atomic E-state index is -0.580. The van der Waals surface area contributed by atoms with Crippen molar-refractivity contribution in [3.63, 3.8) is 0 Å². The summed E-state index contributed by atoms with van der Waals surface area (Å²) >= 11 is 0. The number of fused-ring (bicyclic) bond motifs is 2. The van der Waals surface area contributed by atoms with Crippen molar-refractivity contribution in [2.45, 2.75) is 26.2 Å². The van der Waals surface area contributed by atoms with E-state index in [0.717, 1.165) is 17.2 Å². The lowest BCUT2D eigenvalue weighted by Crippen LogP contribution is -2.41. The third-order valence-corrected chi connectivity index (χ3v) is 6.09. The predicted molar refractivity (Wildman–Crippen MR) is 134 cm³/mol. The molecule has 0 saturated heterocycles. The second kappa shape index (κ2) is 9.83. The average Bonchev–Trinajstić information content (AvgIpc) is 3.27. The van der Waals surface area contributed by atoms with Crippen molar-refractivity contribution < 1.29 is 18.8 Å². The smallest absolute Gasteiger partial charge is 0.305 e. The fourth-order valence-corrected chi connectivity index (χ4v) is 4.34. The van der Waals surface area contributed by atoms with Crippen LogP contribution in [0, 0.1) is 6.92 Å². The number of pyridine rings is 1. The predicted octanol–water partition coefficient (Wildman–Crippen LogP) is 3.68. The first-order valence-corrected chi connectivity index (χ1v) is 11.5. The molecule has 4 aromatic rings. The molecular formula is C27H23N5O4. The van der Waals surface area contributed by atoms with Crippen LogP contribution in [0.4, 0.5) is 0 Å². The van der Waals surface area contributed by atoms with Gasteiger partial charge in [0.2, 0.25) is 0 Å². The average molecular weight is 482 g/mol. The number of aryl methyl sites for hydroxylation is 1. The zero-order valence-corrected chi connectivity index (χ0v) is 19.5. The Kier molecular flexibility index (Phi) is 6.27. The molecular weight excluding hydrogens is 458 g/mol. The fourth-order valence-electron chi connectivity index (χ4n) is 4.34. The minimum absolute atomic E-state index is 0.0880. The lowest BCUT2D eigenvalue weighted by Gasteiger charge is -2.13. The van der Waals surface area contributed by atoms with E-state index in [9.17, 15) is 14.4 Å². The van der Waals surface area contributed by atoms with Crippen LogP contribution in [-0.2, 0) is 6.42 Å². The molecule has 3 amide bonds. The van der Waals surface area contributed by atoms with Crippen molar-refractivity contribution in [1.82, 2.24) is 21.3 Å². The normalized spacial score (nSPS) is 13.8. The van der Waals surface area contributed by atoms with E-state index in [1.807, 2.05) is 36.4 Å². The van der Waals surface area contributed by atoms with Gasteiger partial charge < -0.3 is 4.42 Å². The molecule has 9 nitrogen and oxygen atoms in total. The summed E-state index contributed by atoms with van der Waals surface area (Å²) in [6, 6.07) is 16.3. The first kappa shape index (κ1) is 23.0. The number of carbonyl (C=O) groups excluding carboxylic acids is 3. The van der Waals surface area contributed by atoms with Crippen molar-refractivity contribution in [3.05, 3.63) is 101 Å². The minimum Gasteiger partial charge on any atom is -0.455 e. The maximum absolute atomic E-state index is 12.9. The highest BCUT2D eigenvalue weighted by Gasteiger charge is 2.28. The molecule has 3 N–H and O–H groups in total. The third-order valence-electron chi connectivity index (χ3n) is 6.09. The van der Waals surface area contributed by atoms with Crippen LogP contribution in [0.15, 0.2) is 76.5 Å². The van der Waals surface area contributed by atoms with E-state index in [4.69, 9.17) is 4.42 Å². The van der Waals surface area contributed by atoms with Crippen LogP contribution in [-0.4, -0.2) is 28.4 Å². The summed E-state index contributed by atoms with van der Waals surface area (Å²) in [5.41, 5.74) is 10.3. The molecule has 2 heterocycles. The van der Waals surface area contributed by atoms with Gasteiger partial charge in [-0.25, -0.2) is 5.43 Å². The molecule has 180 valence electrons. The van der Waals surface area contributed by atoms with E-state index in [0.29, 0.717) is 46.6 Å². The second-order valence-electron chi connectivity index (χ2n) is 8.38. The fraction of sp³-hybridized carbons (Fsp3) is 0.148. The topological polar surface area (TPSA) is 126 Å². The highest BCUT2D eigenvalue weighted by Crippen LogP contribution is 2.30. The number of hydrazine groups is 1. The zero-order valence-electron chi connectivity index (χ0n) is 19.5. The molecule has 0 aliphatic heterocycles. The molecule has 36 heavy (non-hydrogen) atoms. The van der Waals surface area contributed by atoms with Gasteiger partial charge in [0, 0.05) is 41.1 Å². The summed E-state index contributed by atoms with van der Waals surface area (Å²) in [6.45, 7) is 1.76. The number of rotatable bonds is 4. The quantitative estimate of drug-likeness (QED) is 0.384. The molecule has 0 saturated carbocycles.